The normalized spacial score (nSPS) is 12.8. The molecule has 1 heterocycles. The number of pyridine rings is 1. The summed E-state index contributed by atoms with van der Waals surface area (Å²) >= 11 is 0. The van der Waals surface area contributed by atoms with E-state index >= 15 is 0 Å². The molecule has 1 aromatic rings. The fourth-order valence-corrected chi connectivity index (χ4v) is 1.25. The molecule has 0 fully saturated rings. The molecule has 0 aliphatic carbocycles. The first kappa shape index (κ1) is 14.4. The van der Waals surface area contributed by atoms with Crippen LogP contribution in [0, 0.1) is 11.3 Å². The summed E-state index contributed by atoms with van der Waals surface area (Å²) < 4.78 is 5.33. The van der Waals surface area contributed by atoms with E-state index in [2.05, 4.69) is 10.3 Å². The molecule has 1 aromatic heterocycles. The van der Waals surface area contributed by atoms with E-state index in [0.717, 1.165) is 0 Å². The number of hydrogen-bond donors (Lipinski definition) is 2. The molecule has 0 aliphatic rings. The molecule has 0 unspecified atom stereocenters. The monoisotopic (exact) mass is 249 g/mol. The predicted octanol–water partition coefficient (Wildman–Crippen LogP) is 1.08. The highest BCUT2D eigenvalue weighted by Gasteiger charge is 2.13. The molecule has 0 aromatic carbocycles. The maximum absolute atomic E-state index is 9.74. The maximum Gasteiger partial charge on any atom is 0.231 e. The minimum absolute atomic E-state index is 0.0518. The van der Waals surface area contributed by atoms with Crippen molar-refractivity contribution in [1.82, 2.24) is 10.3 Å². The van der Waals surface area contributed by atoms with E-state index in [-0.39, 0.29) is 18.0 Å². The first-order valence-corrected chi connectivity index (χ1v) is 5.83. The number of hydrogen-bond acceptors (Lipinski definition) is 5. The van der Waals surface area contributed by atoms with Gasteiger partial charge in [0.1, 0.15) is 24.3 Å². The van der Waals surface area contributed by atoms with Gasteiger partial charge in [-0.05, 0) is 32.9 Å². The molecule has 5 heteroatoms. The molecule has 1 rings (SSSR count). The zero-order valence-electron chi connectivity index (χ0n) is 11.0. The van der Waals surface area contributed by atoms with Crippen molar-refractivity contribution in [2.45, 2.75) is 32.4 Å². The summed E-state index contributed by atoms with van der Waals surface area (Å²) in [6.07, 6.45) is 0.911. The molecule has 98 valence electrons. The molecule has 18 heavy (non-hydrogen) atoms. The van der Waals surface area contributed by atoms with E-state index < -0.39 is 6.10 Å². The van der Waals surface area contributed by atoms with Gasteiger partial charge in [-0.2, -0.15) is 5.26 Å². The lowest BCUT2D eigenvalue weighted by atomic mass is 10.1. The second-order valence-corrected chi connectivity index (χ2v) is 5.06. The summed E-state index contributed by atoms with van der Waals surface area (Å²) in [6.45, 7) is 6.60. The van der Waals surface area contributed by atoms with Crippen LogP contribution in [-0.2, 0) is 0 Å². The number of aliphatic hydroxyl groups excluding tert-OH is 1. The van der Waals surface area contributed by atoms with Crippen LogP contribution in [0.3, 0.4) is 0 Å². The molecule has 2 N–H and O–H groups in total. The Morgan fingerprint density at radius 1 is 1.56 bits per heavy atom. The van der Waals surface area contributed by atoms with Gasteiger partial charge >= 0.3 is 0 Å². The van der Waals surface area contributed by atoms with Crippen LogP contribution in [0.4, 0.5) is 0 Å². The zero-order valence-corrected chi connectivity index (χ0v) is 11.0. The van der Waals surface area contributed by atoms with Crippen LogP contribution >= 0.6 is 0 Å². The molecule has 0 bridgehead atoms. The molecule has 0 amide bonds. The Morgan fingerprint density at radius 3 is 2.89 bits per heavy atom. The summed E-state index contributed by atoms with van der Waals surface area (Å²) in [5.74, 6) is 0.259. The van der Waals surface area contributed by atoms with Crippen molar-refractivity contribution >= 4 is 0 Å². The quantitative estimate of drug-likeness (QED) is 0.816. The van der Waals surface area contributed by atoms with Crippen molar-refractivity contribution in [3.05, 3.63) is 23.9 Å². The van der Waals surface area contributed by atoms with Gasteiger partial charge in [-0.1, -0.05) is 0 Å². The Labute approximate surface area is 107 Å². The van der Waals surface area contributed by atoms with Crippen LogP contribution < -0.4 is 10.1 Å². The largest absolute Gasteiger partial charge is 0.474 e. The number of nitrogens with zero attached hydrogens (tertiary/aromatic N) is 2. The Kier molecular flexibility index (Phi) is 5.08. The molecule has 0 spiro atoms. The molecule has 0 saturated heterocycles. The smallest absolute Gasteiger partial charge is 0.231 e. The number of aliphatic hydroxyl groups is 1. The first-order chi connectivity index (χ1) is 8.42. The van der Waals surface area contributed by atoms with Gasteiger partial charge in [-0.25, -0.2) is 4.98 Å². The fraction of sp³-hybridized carbons (Fsp3) is 0.538. The van der Waals surface area contributed by atoms with E-state index in [4.69, 9.17) is 10.00 Å². The Hall–Kier alpha value is -1.64. The highest BCUT2D eigenvalue weighted by Crippen LogP contribution is 2.12. The number of β-amino-alcohol motifs (C(OH)–C–C–N with tert-alkyl or cyclic N) is 1. The van der Waals surface area contributed by atoms with E-state index in [9.17, 15) is 5.11 Å². The summed E-state index contributed by atoms with van der Waals surface area (Å²) in [4.78, 5) is 3.95. The third kappa shape index (κ3) is 5.13. The Balaban J connectivity index is 2.43. The number of nitrogens with one attached hydrogen (secondary N) is 1. The number of rotatable bonds is 5. The van der Waals surface area contributed by atoms with E-state index in [1.807, 2.05) is 26.8 Å². The standard InChI is InChI=1S/C13H19N3O2/c1-13(2,3)16-8-11(17)9-18-12-10(7-14)5-4-6-15-12/h4-6,11,16-17H,8-9H2,1-3H3/t11-/m0/s1. The van der Waals surface area contributed by atoms with E-state index in [1.165, 1.54) is 0 Å². The third-order valence-electron chi connectivity index (χ3n) is 2.17. The van der Waals surface area contributed by atoms with Gasteiger partial charge in [-0.3, -0.25) is 0 Å². The van der Waals surface area contributed by atoms with Gasteiger partial charge in [0, 0.05) is 18.3 Å². The molecule has 5 nitrogen and oxygen atoms in total. The van der Waals surface area contributed by atoms with Crippen molar-refractivity contribution in [2.24, 2.45) is 0 Å². The lowest BCUT2D eigenvalue weighted by Crippen LogP contribution is -2.42. The van der Waals surface area contributed by atoms with Gasteiger partial charge in [0.05, 0.1) is 0 Å². The Bertz CT molecular complexity index is 421. The average Bonchev–Trinajstić information content (AvgIpc) is 2.33. The number of ether oxygens (including phenoxy) is 1. The van der Waals surface area contributed by atoms with Gasteiger partial charge in [0.2, 0.25) is 5.88 Å². The minimum atomic E-state index is -0.641. The van der Waals surface area contributed by atoms with Crippen LogP contribution in [0.1, 0.15) is 26.3 Å². The molecule has 0 aliphatic heterocycles. The van der Waals surface area contributed by atoms with Gasteiger partial charge in [0.25, 0.3) is 0 Å². The maximum atomic E-state index is 9.74. The first-order valence-electron chi connectivity index (χ1n) is 5.83. The lowest BCUT2D eigenvalue weighted by Gasteiger charge is -2.22. The highest BCUT2D eigenvalue weighted by molar-refractivity contribution is 5.36. The lowest BCUT2D eigenvalue weighted by molar-refractivity contribution is 0.0976. The summed E-state index contributed by atoms with van der Waals surface area (Å²) in [6, 6.07) is 5.29. The molecular weight excluding hydrogens is 230 g/mol. The Morgan fingerprint density at radius 2 is 2.28 bits per heavy atom. The van der Waals surface area contributed by atoms with Crippen LogP contribution in [-0.4, -0.2) is 34.9 Å². The van der Waals surface area contributed by atoms with Crippen LogP contribution in [0.2, 0.25) is 0 Å². The minimum Gasteiger partial charge on any atom is -0.474 e. The van der Waals surface area contributed by atoms with Crippen molar-refractivity contribution in [3.63, 3.8) is 0 Å². The fourth-order valence-electron chi connectivity index (χ4n) is 1.25. The van der Waals surface area contributed by atoms with Crippen molar-refractivity contribution < 1.29 is 9.84 Å². The summed E-state index contributed by atoms with van der Waals surface area (Å²) in [7, 11) is 0. The molecule has 1 atom stereocenters. The van der Waals surface area contributed by atoms with Crippen LogP contribution in [0.15, 0.2) is 18.3 Å². The van der Waals surface area contributed by atoms with E-state index in [0.29, 0.717) is 12.1 Å². The summed E-state index contributed by atoms with van der Waals surface area (Å²) in [5.41, 5.74) is 0.317. The molecule has 0 radical (unpaired) electrons. The predicted molar refractivity (Wildman–Crippen MR) is 68.2 cm³/mol. The number of aromatic nitrogens is 1. The topological polar surface area (TPSA) is 78.2 Å². The number of nitriles is 1. The third-order valence-corrected chi connectivity index (χ3v) is 2.17. The van der Waals surface area contributed by atoms with Gasteiger partial charge < -0.3 is 15.2 Å². The van der Waals surface area contributed by atoms with Crippen LogP contribution in [0.5, 0.6) is 5.88 Å². The van der Waals surface area contributed by atoms with Gasteiger partial charge in [-0.15, -0.1) is 0 Å². The molecule has 0 saturated carbocycles. The SMILES string of the molecule is CC(C)(C)NC[C@H](O)COc1ncccc1C#N. The highest BCUT2D eigenvalue weighted by atomic mass is 16.5. The second kappa shape index (κ2) is 6.34. The summed E-state index contributed by atoms with van der Waals surface area (Å²) in [5, 5.41) is 21.8. The zero-order chi connectivity index (χ0) is 13.6. The van der Waals surface area contributed by atoms with Crippen molar-refractivity contribution in [3.8, 4) is 11.9 Å². The van der Waals surface area contributed by atoms with Crippen molar-refractivity contribution in [2.75, 3.05) is 13.2 Å². The van der Waals surface area contributed by atoms with Crippen molar-refractivity contribution in [1.29, 1.82) is 5.26 Å². The van der Waals surface area contributed by atoms with Gasteiger partial charge in [0.15, 0.2) is 0 Å². The second-order valence-electron chi connectivity index (χ2n) is 5.06. The van der Waals surface area contributed by atoms with Crippen LogP contribution in [0.25, 0.3) is 0 Å². The van der Waals surface area contributed by atoms with E-state index in [1.54, 1.807) is 18.3 Å². The molecular formula is C13H19N3O2. The average molecular weight is 249 g/mol.